The number of rotatable bonds is 6. The Labute approximate surface area is 190 Å². The number of aliphatic hydroxyl groups excluding tert-OH is 1. The molecule has 0 aliphatic heterocycles. The van der Waals surface area contributed by atoms with E-state index in [0.717, 1.165) is 36.0 Å². The molecule has 0 bridgehead atoms. The zero-order valence-electron chi connectivity index (χ0n) is 18.1. The van der Waals surface area contributed by atoms with Crippen molar-refractivity contribution in [3.63, 3.8) is 0 Å². The monoisotopic (exact) mass is 488 g/mol. The van der Waals surface area contributed by atoms with Crippen LogP contribution >= 0.6 is 23.1 Å². The molecule has 6 atom stereocenters. The average molecular weight is 489 g/mol. The molecule has 0 radical (unpaired) electrons. The van der Waals surface area contributed by atoms with Crippen molar-refractivity contribution < 1.29 is 9.67 Å². The third-order valence-electron chi connectivity index (χ3n) is 8.15. The average Bonchev–Trinajstić information content (AvgIpc) is 3.14. The molecule has 0 spiro atoms. The van der Waals surface area contributed by atoms with Crippen LogP contribution in [0.4, 0.5) is 0 Å². The molecule has 30 heavy (non-hydrogen) atoms. The van der Waals surface area contributed by atoms with Crippen molar-refractivity contribution in [2.75, 3.05) is 6.16 Å². The lowest BCUT2D eigenvalue weighted by Crippen LogP contribution is -2.45. The molecular weight excluding hydrogens is 455 g/mol. The van der Waals surface area contributed by atoms with E-state index in [1.807, 2.05) is 60.7 Å². The highest BCUT2D eigenvalue weighted by Crippen LogP contribution is 2.60. The van der Waals surface area contributed by atoms with E-state index in [2.05, 4.69) is 29.8 Å². The van der Waals surface area contributed by atoms with E-state index in [9.17, 15) is 9.67 Å². The van der Waals surface area contributed by atoms with Crippen molar-refractivity contribution >= 4 is 33.7 Å². The molecule has 4 rings (SSSR count). The lowest BCUT2D eigenvalue weighted by molar-refractivity contribution is 0.00994. The molecule has 2 aliphatic rings. The van der Waals surface area contributed by atoms with Gasteiger partial charge in [-0.15, -0.1) is 0 Å². The smallest absolute Gasteiger partial charge is 0.143 e. The number of aliphatic hydroxyl groups is 1. The van der Waals surface area contributed by atoms with Gasteiger partial charge in [0.2, 0.25) is 0 Å². The Morgan fingerprint density at radius 2 is 1.60 bits per heavy atom. The minimum Gasteiger partial charge on any atom is -0.392 e. The first-order valence-electron chi connectivity index (χ1n) is 11.4. The summed E-state index contributed by atoms with van der Waals surface area (Å²) >= 11 is 3.81. The number of halogens is 1. The second-order valence-electron chi connectivity index (χ2n) is 9.75. The summed E-state index contributed by atoms with van der Waals surface area (Å²) in [6.45, 7) is 4.81. The summed E-state index contributed by atoms with van der Waals surface area (Å²) in [5, 5.41) is 12.3. The second-order valence-corrected chi connectivity index (χ2v) is 13.8. The number of alkyl halides is 1. The number of fused-ring (bicyclic) bond motifs is 1. The minimum absolute atomic E-state index is 0.214. The molecule has 2 aromatic carbocycles. The summed E-state index contributed by atoms with van der Waals surface area (Å²) < 4.78 is 14.4. The van der Waals surface area contributed by atoms with E-state index in [-0.39, 0.29) is 16.3 Å². The molecule has 2 aromatic rings. The first-order chi connectivity index (χ1) is 14.4. The van der Waals surface area contributed by atoms with Crippen LogP contribution in [0.25, 0.3) is 0 Å². The SMILES string of the molecule is C[C@H](CCP(=O)(c1ccccc1)c1ccccc1)[C@H]1CC[C@H]2[C@H](Br)[C@H](O)CC[C@]12C. The topological polar surface area (TPSA) is 37.3 Å². The third-order valence-corrected chi connectivity index (χ3v) is 12.5. The summed E-state index contributed by atoms with van der Waals surface area (Å²) in [4.78, 5) is 0.216. The van der Waals surface area contributed by atoms with Gasteiger partial charge in [-0.25, -0.2) is 0 Å². The molecular formula is C26H34BrO2P. The molecule has 0 heterocycles. The Balaban J connectivity index is 1.54. The van der Waals surface area contributed by atoms with Gasteiger partial charge < -0.3 is 9.67 Å². The van der Waals surface area contributed by atoms with Gasteiger partial charge in [0.15, 0.2) is 0 Å². The Kier molecular flexibility index (Phi) is 6.64. The molecule has 2 nitrogen and oxygen atoms in total. The molecule has 162 valence electrons. The fraction of sp³-hybridized carbons (Fsp3) is 0.538. The standard InChI is InChI=1S/C26H34BrO2P/c1-19(22-13-14-23-25(27)24(28)15-17-26(22,23)2)16-18-30(29,20-9-5-3-6-10-20)21-11-7-4-8-12-21/h3-12,19,22-25,28H,13-18H2,1-2H3/t19-,22-,23+,24-,25+,26-/m1/s1. The van der Waals surface area contributed by atoms with E-state index >= 15 is 0 Å². The van der Waals surface area contributed by atoms with Gasteiger partial charge in [0.05, 0.1) is 6.10 Å². The van der Waals surface area contributed by atoms with Gasteiger partial charge in [0.1, 0.15) is 7.14 Å². The first-order valence-corrected chi connectivity index (χ1v) is 14.2. The maximum absolute atomic E-state index is 14.4. The maximum Gasteiger partial charge on any atom is 0.143 e. The van der Waals surface area contributed by atoms with Crippen LogP contribution in [-0.2, 0) is 4.57 Å². The van der Waals surface area contributed by atoms with Gasteiger partial charge in [0.25, 0.3) is 0 Å². The van der Waals surface area contributed by atoms with Crippen molar-refractivity contribution in [2.45, 2.75) is 56.9 Å². The third kappa shape index (κ3) is 3.98. The molecule has 0 aromatic heterocycles. The molecule has 0 unspecified atom stereocenters. The highest BCUT2D eigenvalue weighted by Gasteiger charge is 2.54. The van der Waals surface area contributed by atoms with Crippen LogP contribution in [0.5, 0.6) is 0 Å². The van der Waals surface area contributed by atoms with Gasteiger partial charge in [-0.05, 0) is 55.3 Å². The van der Waals surface area contributed by atoms with Crippen LogP contribution < -0.4 is 10.6 Å². The molecule has 1 N–H and O–H groups in total. The normalized spacial score (nSPS) is 32.5. The lowest BCUT2D eigenvalue weighted by Gasteiger charge is -2.47. The van der Waals surface area contributed by atoms with E-state index in [1.165, 1.54) is 12.8 Å². The largest absolute Gasteiger partial charge is 0.392 e. The van der Waals surface area contributed by atoms with E-state index in [0.29, 0.717) is 17.8 Å². The Bertz CT molecular complexity index is 843. The fourth-order valence-corrected chi connectivity index (χ4v) is 10.4. The predicted molar refractivity (Wildman–Crippen MR) is 131 cm³/mol. The van der Waals surface area contributed by atoms with Crippen molar-refractivity contribution in [1.29, 1.82) is 0 Å². The quantitative estimate of drug-likeness (QED) is 0.401. The molecule has 0 amide bonds. The Hall–Kier alpha value is -0.890. The van der Waals surface area contributed by atoms with E-state index in [4.69, 9.17) is 0 Å². The molecule has 2 fully saturated rings. The van der Waals surface area contributed by atoms with Crippen molar-refractivity contribution in [2.24, 2.45) is 23.2 Å². The van der Waals surface area contributed by atoms with Crippen LogP contribution in [-0.4, -0.2) is 22.2 Å². The van der Waals surface area contributed by atoms with E-state index in [1.54, 1.807) is 0 Å². The maximum atomic E-state index is 14.4. The molecule has 2 aliphatic carbocycles. The minimum atomic E-state index is -2.65. The van der Waals surface area contributed by atoms with Gasteiger partial charge in [0, 0.05) is 21.6 Å². The summed E-state index contributed by atoms with van der Waals surface area (Å²) in [5.41, 5.74) is 0.274. The predicted octanol–water partition coefficient (Wildman–Crippen LogP) is 5.98. The molecule has 4 heteroatoms. The van der Waals surface area contributed by atoms with Gasteiger partial charge in [-0.2, -0.15) is 0 Å². The van der Waals surface area contributed by atoms with Crippen molar-refractivity contribution in [3.05, 3.63) is 60.7 Å². The van der Waals surface area contributed by atoms with Gasteiger partial charge in [-0.1, -0.05) is 90.4 Å². The zero-order chi connectivity index (χ0) is 21.4. The fourth-order valence-electron chi connectivity index (χ4n) is 6.34. The van der Waals surface area contributed by atoms with Crippen LogP contribution in [0, 0.1) is 23.2 Å². The Morgan fingerprint density at radius 1 is 1.03 bits per heavy atom. The second kappa shape index (κ2) is 8.93. The van der Waals surface area contributed by atoms with Crippen molar-refractivity contribution in [3.8, 4) is 0 Å². The summed E-state index contributed by atoms with van der Waals surface area (Å²) in [5.74, 6) is 1.70. The van der Waals surface area contributed by atoms with Crippen LogP contribution in [0.15, 0.2) is 60.7 Å². The molecule has 2 saturated carbocycles. The highest BCUT2D eigenvalue weighted by atomic mass is 79.9. The number of benzene rings is 2. The zero-order valence-corrected chi connectivity index (χ0v) is 20.6. The summed E-state index contributed by atoms with van der Waals surface area (Å²) in [6, 6.07) is 20.1. The summed E-state index contributed by atoms with van der Waals surface area (Å²) in [7, 11) is -2.65. The lowest BCUT2D eigenvalue weighted by atomic mass is 9.62. The van der Waals surface area contributed by atoms with Crippen LogP contribution in [0.1, 0.15) is 46.0 Å². The van der Waals surface area contributed by atoms with Gasteiger partial charge in [-0.3, -0.25) is 0 Å². The first kappa shape index (κ1) is 22.3. The van der Waals surface area contributed by atoms with E-state index < -0.39 is 7.14 Å². The number of hydrogen-bond acceptors (Lipinski definition) is 2. The molecule has 0 saturated heterocycles. The highest BCUT2D eigenvalue weighted by molar-refractivity contribution is 9.09. The van der Waals surface area contributed by atoms with Gasteiger partial charge >= 0.3 is 0 Å². The number of hydrogen-bond donors (Lipinski definition) is 1. The van der Waals surface area contributed by atoms with Crippen LogP contribution in [0.2, 0.25) is 0 Å². The Morgan fingerprint density at radius 3 is 2.17 bits per heavy atom. The van der Waals surface area contributed by atoms with Crippen LogP contribution in [0.3, 0.4) is 0 Å². The summed E-state index contributed by atoms with van der Waals surface area (Å²) in [6.07, 6.45) is 5.88. The van der Waals surface area contributed by atoms with Crippen molar-refractivity contribution in [1.82, 2.24) is 0 Å².